The predicted molar refractivity (Wildman–Crippen MR) is 108 cm³/mol. The summed E-state index contributed by atoms with van der Waals surface area (Å²) in [5.74, 6) is -0.356. The molecule has 0 radical (unpaired) electrons. The predicted octanol–water partition coefficient (Wildman–Crippen LogP) is 3.40. The molecule has 0 aromatic heterocycles. The van der Waals surface area contributed by atoms with Crippen LogP contribution in [-0.2, 0) is 14.8 Å². The summed E-state index contributed by atoms with van der Waals surface area (Å²) in [6.45, 7) is 5.28. The number of carbonyl (C=O) groups is 1. The third-order valence-corrected chi connectivity index (χ3v) is 5.75. The Morgan fingerprint density at radius 3 is 2.12 bits per heavy atom. The van der Waals surface area contributed by atoms with Crippen LogP contribution < -0.4 is 9.62 Å². The number of halogens is 1. The lowest BCUT2D eigenvalue weighted by Gasteiger charge is -2.27. The fraction of sp³-hybridized carbons (Fsp3) is 0.278. The minimum Gasteiger partial charge on any atom is -0.350 e. The van der Waals surface area contributed by atoms with Crippen molar-refractivity contribution in [3.8, 4) is 0 Å². The molecule has 7 heteroatoms. The van der Waals surface area contributed by atoms with E-state index < -0.39 is 15.6 Å². The monoisotopic (exact) mass is 472 g/mol. The third-order valence-electron chi connectivity index (χ3n) is 3.25. The van der Waals surface area contributed by atoms with Gasteiger partial charge in [-0.1, -0.05) is 18.2 Å². The van der Waals surface area contributed by atoms with Crippen LogP contribution in [0.25, 0.3) is 0 Å². The lowest BCUT2D eigenvalue weighted by Crippen LogP contribution is -2.47. The van der Waals surface area contributed by atoms with E-state index in [4.69, 9.17) is 0 Å². The standard InChI is InChI=1S/C18H21IN2O3S/c1-18(2,3)20-17(22)13-21(15-11-9-14(19)10-12-15)25(23,24)16-7-5-4-6-8-16/h4-12H,13H2,1-3H3,(H,20,22). The molecule has 0 heterocycles. The van der Waals surface area contributed by atoms with Crippen LogP contribution in [-0.4, -0.2) is 26.4 Å². The van der Waals surface area contributed by atoms with Crippen molar-refractivity contribution < 1.29 is 13.2 Å². The molecule has 0 saturated heterocycles. The molecule has 0 aliphatic carbocycles. The summed E-state index contributed by atoms with van der Waals surface area (Å²) in [6, 6.07) is 15.1. The summed E-state index contributed by atoms with van der Waals surface area (Å²) in [5, 5.41) is 2.81. The second kappa shape index (κ2) is 7.74. The van der Waals surface area contributed by atoms with E-state index in [-0.39, 0.29) is 17.3 Å². The van der Waals surface area contributed by atoms with Gasteiger partial charge in [0.25, 0.3) is 10.0 Å². The molecule has 0 aliphatic heterocycles. The molecule has 0 atom stereocenters. The summed E-state index contributed by atoms with van der Waals surface area (Å²) in [4.78, 5) is 12.5. The van der Waals surface area contributed by atoms with Gasteiger partial charge in [-0.25, -0.2) is 8.42 Å². The van der Waals surface area contributed by atoms with Crippen LogP contribution in [0.1, 0.15) is 20.8 Å². The van der Waals surface area contributed by atoms with E-state index in [1.165, 1.54) is 12.1 Å². The van der Waals surface area contributed by atoms with Gasteiger partial charge in [-0.2, -0.15) is 0 Å². The van der Waals surface area contributed by atoms with Crippen molar-refractivity contribution in [2.24, 2.45) is 0 Å². The Labute approximate surface area is 162 Å². The van der Waals surface area contributed by atoms with Crippen LogP contribution in [0.5, 0.6) is 0 Å². The van der Waals surface area contributed by atoms with E-state index >= 15 is 0 Å². The van der Waals surface area contributed by atoms with E-state index in [1.54, 1.807) is 30.3 Å². The Morgan fingerprint density at radius 1 is 1.04 bits per heavy atom. The SMILES string of the molecule is CC(C)(C)NC(=O)CN(c1ccc(I)cc1)S(=O)(=O)c1ccccc1. The summed E-state index contributed by atoms with van der Waals surface area (Å²) in [7, 11) is -3.85. The molecule has 25 heavy (non-hydrogen) atoms. The van der Waals surface area contributed by atoms with Gasteiger partial charge in [-0.3, -0.25) is 9.10 Å². The molecule has 0 unspecified atom stereocenters. The maximum atomic E-state index is 13.1. The van der Waals surface area contributed by atoms with Gasteiger partial charge < -0.3 is 5.32 Å². The number of sulfonamides is 1. The molecule has 1 amide bonds. The molecular weight excluding hydrogens is 451 g/mol. The summed E-state index contributed by atoms with van der Waals surface area (Å²) >= 11 is 2.15. The number of rotatable bonds is 5. The number of hydrogen-bond acceptors (Lipinski definition) is 3. The number of anilines is 1. The van der Waals surface area contributed by atoms with Crippen LogP contribution in [0.15, 0.2) is 59.5 Å². The zero-order valence-electron chi connectivity index (χ0n) is 14.4. The maximum absolute atomic E-state index is 13.1. The van der Waals surface area contributed by atoms with Gasteiger partial charge in [-0.05, 0) is 79.8 Å². The van der Waals surface area contributed by atoms with E-state index in [0.717, 1.165) is 7.88 Å². The number of hydrogen-bond donors (Lipinski definition) is 1. The van der Waals surface area contributed by atoms with E-state index in [1.807, 2.05) is 32.9 Å². The maximum Gasteiger partial charge on any atom is 0.264 e. The van der Waals surface area contributed by atoms with Crippen LogP contribution in [0.3, 0.4) is 0 Å². The molecule has 0 bridgehead atoms. The Hall–Kier alpha value is -1.61. The third kappa shape index (κ3) is 5.43. The van der Waals surface area contributed by atoms with Crippen molar-refractivity contribution in [1.29, 1.82) is 0 Å². The Bertz CT molecular complexity index is 829. The van der Waals surface area contributed by atoms with Crippen molar-refractivity contribution in [2.45, 2.75) is 31.2 Å². The van der Waals surface area contributed by atoms with Crippen LogP contribution >= 0.6 is 22.6 Å². The largest absolute Gasteiger partial charge is 0.350 e. The van der Waals surface area contributed by atoms with Gasteiger partial charge in [-0.15, -0.1) is 0 Å². The molecule has 0 aliphatic rings. The molecule has 5 nitrogen and oxygen atoms in total. The number of nitrogens with zero attached hydrogens (tertiary/aromatic N) is 1. The smallest absolute Gasteiger partial charge is 0.264 e. The average molecular weight is 472 g/mol. The normalized spacial score (nSPS) is 11.8. The van der Waals surface area contributed by atoms with Gasteiger partial charge in [0.05, 0.1) is 10.6 Å². The fourth-order valence-electron chi connectivity index (χ4n) is 2.23. The van der Waals surface area contributed by atoms with Gasteiger partial charge >= 0.3 is 0 Å². The molecule has 2 aromatic carbocycles. The van der Waals surface area contributed by atoms with Gasteiger partial charge in [0.2, 0.25) is 5.91 Å². The molecule has 2 aromatic rings. The fourth-order valence-corrected chi connectivity index (χ4v) is 4.03. The Kier molecular flexibility index (Phi) is 6.10. The minimum absolute atomic E-state index is 0.150. The topological polar surface area (TPSA) is 66.5 Å². The van der Waals surface area contributed by atoms with Crippen molar-refractivity contribution in [2.75, 3.05) is 10.8 Å². The molecule has 134 valence electrons. The van der Waals surface area contributed by atoms with E-state index in [0.29, 0.717) is 5.69 Å². The Balaban J connectivity index is 2.42. The lowest BCUT2D eigenvalue weighted by molar-refractivity contribution is -0.121. The van der Waals surface area contributed by atoms with E-state index in [2.05, 4.69) is 27.9 Å². The molecule has 1 N–H and O–H groups in total. The number of carbonyl (C=O) groups excluding carboxylic acids is 1. The highest BCUT2D eigenvalue weighted by Gasteiger charge is 2.28. The van der Waals surface area contributed by atoms with Gasteiger partial charge in [0.15, 0.2) is 0 Å². The first kappa shape index (κ1) is 19.7. The van der Waals surface area contributed by atoms with E-state index in [9.17, 15) is 13.2 Å². The second-order valence-corrected chi connectivity index (χ2v) is 9.71. The second-order valence-electron chi connectivity index (χ2n) is 6.60. The highest BCUT2D eigenvalue weighted by molar-refractivity contribution is 14.1. The zero-order valence-corrected chi connectivity index (χ0v) is 17.3. The van der Waals surface area contributed by atoms with Gasteiger partial charge in [0, 0.05) is 9.11 Å². The number of benzene rings is 2. The number of amides is 1. The first-order chi connectivity index (χ1) is 11.6. The zero-order chi connectivity index (χ0) is 18.7. The molecule has 0 saturated carbocycles. The summed E-state index contributed by atoms with van der Waals surface area (Å²) in [5.41, 5.74) is 0.0130. The first-order valence-electron chi connectivity index (χ1n) is 7.74. The molecular formula is C18H21IN2O3S. The number of nitrogens with one attached hydrogen (secondary N) is 1. The highest BCUT2D eigenvalue weighted by Crippen LogP contribution is 2.24. The van der Waals surface area contributed by atoms with Crippen molar-refractivity contribution in [1.82, 2.24) is 5.32 Å². The molecule has 0 fully saturated rings. The highest BCUT2D eigenvalue weighted by atomic mass is 127. The quantitative estimate of drug-likeness (QED) is 0.679. The van der Waals surface area contributed by atoms with Crippen LogP contribution in [0.2, 0.25) is 0 Å². The molecule has 2 rings (SSSR count). The van der Waals surface area contributed by atoms with Crippen LogP contribution in [0, 0.1) is 3.57 Å². The Morgan fingerprint density at radius 2 is 1.60 bits per heavy atom. The molecule has 0 spiro atoms. The van der Waals surface area contributed by atoms with Crippen molar-refractivity contribution in [3.63, 3.8) is 0 Å². The lowest BCUT2D eigenvalue weighted by atomic mass is 10.1. The minimum atomic E-state index is -3.85. The van der Waals surface area contributed by atoms with Crippen molar-refractivity contribution in [3.05, 3.63) is 58.2 Å². The first-order valence-corrected chi connectivity index (χ1v) is 10.3. The van der Waals surface area contributed by atoms with Crippen molar-refractivity contribution >= 4 is 44.2 Å². The summed E-state index contributed by atoms with van der Waals surface area (Å²) < 4.78 is 28.2. The van der Waals surface area contributed by atoms with Gasteiger partial charge in [0.1, 0.15) is 6.54 Å². The van der Waals surface area contributed by atoms with Crippen LogP contribution in [0.4, 0.5) is 5.69 Å². The summed E-state index contributed by atoms with van der Waals surface area (Å²) in [6.07, 6.45) is 0. The average Bonchev–Trinajstić information content (AvgIpc) is 2.53.